The number of anilines is 2. The normalized spacial score (nSPS) is 11.2. The smallest absolute Gasteiger partial charge is 0.261 e. The summed E-state index contributed by atoms with van der Waals surface area (Å²) in [4.78, 5) is 4.23. The van der Waals surface area contributed by atoms with E-state index in [9.17, 15) is 8.42 Å². The van der Waals surface area contributed by atoms with Gasteiger partial charge in [0.15, 0.2) is 0 Å². The third-order valence-corrected chi connectivity index (χ3v) is 4.35. The van der Waals surface area contributed by atoms with Crippen LogP contribution in [0, 0.1) is 0 Å². The first kappa shape index (κ1) is 16.5. The quantitative estimate of drug-likeness (QED) is 0.757. The molecule has 1 heterocycles. The monoisotopic (exact) mass is 341 g/mol. The highest BCUT2D eigenvalue weighted by Crippen LogP contribution is 2.19. The summed E-state index contributed by atoms with van der Waals surface area (Å²) < 4.78 is 31.8. The molecule has 1 aromatic heterocycles. The number of halogens is 1. The van der Waals surface area contributed by atoms with Crippen molar-refractivity contribution >= 4 is 33.1 Å². The number of methoxy groups -OCH3 is 1. The number of sulfonamides is 1. The van der Waals surface area contributed by atoms with Crippen LogP contribution in [0.15, 0.2) is 47.5 Å². The first-order chi connectivity index (χ1) is 10.5. The molecule has 1 aromatic carbocycles. The third-order valence-electron chi connectivity index (χ3n) is 2.73. The molecule has 0 saturated carbocycles. The van der Waals surface area contributed by atoms with Gasteiger partial charge in [-0.1, -0.05) is 17.7 Å². The van der Waals surface area contributed by atoms with Crippen LogP contribution in [0.3, 0.4) is 0 Å². The van der Waals surface area contributed by atoms with E-state index < -0.39 is 10.0 Å². The molecule has 0 aliphatic carbocycles. The summed E-state index contributed by atoms with van der Waals surface area (Å²) >= 11 is 5.81. The Morgan fingerprint density at radius 2 is 2.09 bits per heavy atom. The fraction of sp³-hybridized carbons (Fsp3) is 0.214. The summed E-state index contributed by atoms with van der Waals surface area (Å²) in [5.74, 6) is 0.641. The van der Waals surface area contributed by atoms with Crippen molar-refractivity contribution in [2.45, 2.75) is 4.90 Å². The molecule has 0 radical (unpaired) electrons. The van der Waals surface area contributed by atoms with Crippen molar-refractivity contribution in [1.29, 1.82) is 0 Å². The molecule has 2 rings (SSSR count). The van der Waals surface area contributed by atoms with Crippen molar-refractivity contribution in [1.82, 2.24) is 4.98 Å². The molecule has 0 atom stereocenters. The van der Waals surface area contributed by atoms with Crippen LogP contribution in [0.4, 0.5) is 11.5 Å². The summed E-state index contributed by atoms with van der Waals surface area (Å²) in [7, 11) is -2.07. The lowest BCUT2D eigenvalue weighted by atomic mass is 10.4. The Bertz CT molecular complexity index is 720. The molecule has 2 aromatic rings. The number of rotatable bonds is 7. The molecule has 0 unspecified atom stereocenters. The zero-order valence-electron chi connectivity index (χ0n) is 11.9. The number of pyridine rings is 1. The van der Waals surface area contributed by atoms with E-state index in [0.29, 0.717) is 29.7 Å². The van der Waals surface area contributed by atoms with Crippen LogP contribution in [-0.2, 0) is 14.8 Å². The second-order valence-electron chi connectivity index (χ2n) is 4.41. The maximum absolute atomic E-state index is 12.2. The second kappa shape index (κ2) is 7.44. The topological polar surface area (TPSA) is 80.3 Å². The predicted molar refractivity (Wildman–Crippen MR) is 86.9 cm³/mol. The number of hydrogen-bond acceptors (Lipinski definition) is 5. The molecule has 0 aliphatic rings. The van der Waals surface area contributed by atoms with Gasteiger partial charge in [-0.05, 0) is 30.3 Å². The SMILES string of the molecule is COCCNc1ccc(NS(=O)(=O)c2cccc(Cl)c2)cn1. The molecular weight excluding hydrogens is 326 g/mol. The maximum atomic E-state index is 12.2. The number of aromatic nitrogens is 1. The predicted octanol–water partition coefficient (Wildman–Crippen LogP) is 2.59. The van der Waals surface area contributed by atoms with E-state index in [1.165, 1.54) is 18.3 Å². The lowest BCUT2D eigenvalue weighted by Gasteiger charge is -2.09. The first-order valence-corrected chi connectivity index (χ1v) is 8.34. The number of ether oxygens (including phenoxy) is 1. The fourth-order valence-corrected chi connectivity index (χ4v) is 3.03. The van der Waals surface area contributed by atoms with E-state index in [2.05, 4.69) is 15.0 Å². The van der Waals surface area contributed by atoms with Crippen LogP contribution in [0.2, 0.25) is 5.02 Å². The van der Waals surface area contributed by atoms with Crippen LogP contribution in [0.25, 0.3) is 0 Å². The highest BCUT2D eigenvalue weighted by atomic mass is 35.5. The highest BCUT2D eigenvalue weighted by molar-refractivity contribution is 7.92. The molecule has 2 N–H and O–H groups in total. The summed E-state index contributed by atoms with van der Waals surface area (Å²) in [6.45, 7) is 1.18. The Balaban J connectivity index is 2.06. The molecule has 0 spiro atoms. The number of benzene rings is 1. The molecule has 118 valence electrons. The largest absolute Gasteiger partial charge is 0.383 e. The Hall–Kier alpha value is -1.83. The van der Waals surface area contributed by atoms with E-state index >= 15 is 0 Å². The zero-order valence-corrected chi connectivity index (χ0v) is 13.5. The van der Waals surface area contributed by atoms with Crippen molar-refractivity contribution < 1.29 is 13.2 Å². The Morgan fingerprint density at radius 1 is 1.27 bits per heavy atom. The van der Waals surface area contributed by atoms with Crippen molar-refractivity contribution in [3.8, 4) is 0 Å². The van der Waals surface area contributed by atoms with Gasteiger partial charge in [0.2, 0.25) is 0 Å². The standard InChI is InChI=1S/C14H16ClN3O3S/c1-21-8-7-16-14-6-5-12(10-17-14)18-22(19,20)13-4-2-3-11(15)9-13/h2-6,9-10,18H,7-8H2,1H3,(H,16,17). The zero-order chi connectivity index (χ0) is 16.0. The summed E-state index contributed by atoms with van der Waals surface area (Å²) in [6.07, 6.45) is 1.44. The van der Waals surface area contributed by atoms with Crippen molar-refractivity contribution in [3.05, 3.63) is 47.6 Å². The molecule has 22 heavy (non-hydrogen) atoms. The second-order valence-corrected chi connectivity index (χ2v) is 6.53. The molecule has 0 saturated heterocycles. The van der Waals surface area contributed by atoms with Crippen molar-refractivity contribution in [2.75, 3.05) is 30.3 Å². The fourth-order valence-electron chi connectivity index (χ4n) is 1.69. The molecule has 6 nitrogen and oxygen atoms in total. The lowest BCUT2D eigenvalue weighted by molar-refractivity contribution is 0.210. The molecule has 0 fully saturated rings. The Morgan fingerprint density at radius 3 is 2.73 bits per heavy atom. The van der Waals surface area contributed by atoms with Gasteiger partial charge in [-0.3, -0.25) is 4.72 Å². The van der Waals surface area contributed by atoms with Gasteiger partial charge >= 0.3 is 0 Å². The van der Waals surface area contributed by atoms with Gasteiger partial charge in [0.05, 0.1) is 23.4 Å². The number of nitrogens with zero attached hydrogens (tertiary/aromatic N) is 1. The van der Waals surface area contributed by atoms with Crippen molar-refractivity contribution in [3.63, 3.8) is 0 Å². The van der Waals surface area contributed by atoms with E-state index in [-0.39, 0.29) is 4.90 Å². The number of nitrogens with one attached hydrogen (secondary N) is 2. The third kappa shape index (κ3) is 4.59. The Labute approximate surface area is 134 Å². The van der Waals surface area contributed by atoms with Gasteiger partial charge in [-0.2, -0.15) is 0 Å². The van der Waals surface area contributed by atoms with Crippen molar-refractivity contribution in [2.24, 2.45) is 0 Å². The van der Waals surface area contributed by atoms with Crippen LogP contribution in [-0.4, -0.2) is 33.7 Å². The minimum Gasteiger partial charge on any atom is -0.383 e. The van der Waals surface area contributed by atoms with E-state index in [0.717, 1.165) is 0 Å². The molecular formula is C14H16ClN3O3S. The number of hydrogen-bond donors (Lipinski definition) is 2. The van der Waals surface area contributed by atoms with Gasteiger partial charge in [-0.15, -0.1) is 0 Å². The van der Waals surface area contributed by atoms with Crippen LogP contribution >= 0.6 is 11.6 Å². The van der Waals surface area contributed by atoms with Gasteiger partial charge in [0.25, 0.3) is 10.0 Å². The molecule has 8 heteroatoms. The first-order valence-electron chi connectivity index (χ1n) is 6.48. The van der Waals surface area contributed by atoms with Crippen LogP contribution in [0.1, 0.15) is 0 Å². The van der Waals surface area contributed by atoms with Gasteiger partial charge in [0.1, 0.15) is 5.82 Å². The summed E-state index contributed by atoms with van der Waals surface area (Å²) in [6, 6.07) is 9.37. The molecule has 0 aliphatic heterocycles. The Kier molecular flexibility index (Phi) is 5.59. The average molecular weight is 342 g/mol. The summed E-state index contributed by atoms with van der Waals surface area (Å²) in [5, 5.41) is 3.40. The van der Waals surface area contributed by atoms with Gasteiger partial charge in [0, 0.05) is 18.7 Å². The lowest BCUT2D eigenvalue weighted by Crippen LogP contribution is -2.13. The van der Waals surface area contributed by atoms with Gasteiger partial charge < -0.3 is 10.1 Å². The average Bonchev–Trinajstić information content (AvgIpc) is 2.49. The minimum absolute atomic E-state index is 0.0993. The highest BCUT2D eigenvalue weighted by Gasteiger charge is 2.14. The molecule has 0 amide bonds. The van der Waals surface area contributed by atoms with E-state index in [4.69, 9.17) is 16.3 Å². The molecule has 0 bridgehead atoms. The minimum atomic E-state index is -3.68. The van der Waals surface area contributed by atoms with Gasteiger partial charge in [-0.25, -0.2) is 13.4 Å². The van der Waals surface area contributed by atoms with Crippen LogP contribution < -0.4 is 10.0 Å². The summed E-state index contributed by atoms with van der Waals surface area (Å²) in [5.41, 5.74) is 0.372. The maximum Gasteiger partial charge on any atom is 0.261 e. The van der Waals surface area contributed by atoms with Crippen LogP contribution in [0.5, 0.6) is 0 Å². The van der Waals surface area contributed by atoms with E-state index in [1.54, 1.807) is 31.4 Å². The van der Waals surface area contributed by atoms with E-state index in [1.807, 2.05) is 0 Å².